The fourth-order valence-corrected chi connectivity index (χ4v) is 1.98. The van der Waals surface area contributed by atoms with E-state index in [1.165, 1.54) is 0 Å². The van der Waals surface area contributed by atoms with Crippen molar-refractivity contribution in [2.75, 3.05) is 5.32 Å². The van der Waals surface area contributed by atoms with Crippen molar-refractivity contribution in [3.63, 3.8) is 0 Å². The first-order valence-corrected chi connectivity index (χ1v) is 6.23. The second kappa shape index (κ2) is 5.69. The van der Waals surface area contributed by atoms with E-state index in [-0.39, 0.29) is 5.91 Å². The van der Waals surface area contributed by atoms with E-state index < -0.39 is 0 Å². The van der Waals surface area contributed by atoms with Gasteiger partial charge >= 0.3 is 0 Å². The van der Waals surface area contributed by atoms with Gasteiger partial charge in [-0.2, -0.15) is 0 Å². The second-order valence-corrected chi connectivity index (χ2v) is 4.37. The van der Waals surface area contributed by atoms with Gasteiger partial charge in [-0.3, -0.25) is 4.79 Å². The highest BCUT2D eigenvalue weighted by Gasteiger charge is 2.05. The van der Waals surface area contributed by atoms with Crippen LogP contribution in [0.3, 0.4) is 0 Å². The quantitative estimate of drug-likeness (QED) is 0.872. The molecule has 0 saturated heterocycles. The molecule has 0 bridgehead atoms. The maximum Gasteiger partial charge on any atom is 0.224 e. The van der Waals surface area contributed by atoms with Crippen LogP contribution in [0.5, 0.6) is 0 Å². The molecule has 1 N–H and O–H groups in total. The van der Waals surface area contributed by atoms with E-state index in [2.05, 4.69) is 5.32 Å². The molecule has 2 aromatic rings. The first kappa shape index (κ1) is 12.7. The summed E-state index contributed by atoms with van der Waals surface area (Å²) < 4.78 is 0. The Bertz CT molecular complexity index is 552. The number of anilines is 1. The highest BCUT2D eigenvalue weighted by molar-refractivity contribution is 6.33. The number of carbonyl (C=O) groups is 1. The first-order chi connectivity index (χ1) is 8.70. The standard InChI is InChI=1S/C15H14ClNO/c1-2-15(18)17-12-8-9-13(14(16)10-12)11-6-4-3-5-7-11/h3-10H,2H2,1H3,(H,17,18). The van der Waals surface area contributed by atoms with Gasteiger partial charge in [0.2, 0.25) is 5.91 Å². The van der Waals surface area contributed by atoms with Gasteiger partial charge in [-0.1, -0.05) is 54.9 Å². The molecule has 2 nitrogen and oxygen atoms in total. The summed E-state index contributed by atoms with van der Waals surface area (Å²) in [5.74, 6) is -0.0153. The van der Waals surface area contributed by atoms with Crippen LogP contribution in [0, 0.1) is 0 Å². The molecule has 0 aromatic heterocycles. The maximum absolute atomic E-state index is 11.3. The molecule has 1 amide bonds. The number of carbonyl (C=O) groups excluding carboxylic acids is 1. The molecule has 2 aromatic carbocycles. The zero-order valence-corrected chi connectivity index (χ0v) is 10.9. The maximum atomic E-state index is 11.3. The second-order valence-electron chi connectivity index (χ2n) is 3.96. The Hall–Kier alpha value is -1.80. The molecule has 2 rings (SSSR count). The lowest BCUT2D eigenvalue weighted by molar-refractivity contribution is -0.115. The van der Waals surface area contributed by atoms with Gasteiger partial charge in [-0.15, -0.1) is 0 Å². The molecule has 0 spiro atoms. The van der Waals surface area contributed by atoms with Crippen molar-refractivity contribution < 1.29 is 4.79 Å². The Balaban J connectivity index is 2.28. The van der Waals surface area contributed by atoms with Crippen molar-refractivity contribution in [1.82, 2.24) is 0 Å². The van der Waals surface area contributed by atoms with E-state index in [1.54, 1.807) is 6.07 Å². The smallest absolute Gasteiger partial charge is 0.224 e. The molecule has 92 valence electrons. The van der Waals surface area contributed by atoms with Gasteiger partial charge in [0.15, 0.2) is 0 Å². The summed E-state index contributed by atoms with van der Waals surface area (Å²) in [6.07, 6.45) is 0.456. The summed E-state index contributed by atoms with van der Waals surface area (Å²) in [4.78, 5) is 11.3. The van der Waals surface area contributed by atoms with Crippen LogP contribution in [0.4, 0.5) is 5.69 Å². The van der Waals surface area contributed by atoms with Crippen molar-refractivity contribution in [3.8, 4) is 11.1 Å². The van der Waals surface area contributed by atoms with Gasteiger partial charge in [-0.05, 0) is 17.7 Å². The van der Waals surface area contributed by atoms with Gasteiger partial charge in [0.25, 0.3) is 0 Å². The Morgan fingerprint density at radius 3 is 2.50 bits per heavy atom. The van der Waals surface area contributed by atoms with E-state index in [0.717, 1.165) is 16.8 Å². The van der Waals surface area contributed by atoms with Gasteiger partial charge < -0.3 is 5.32 Å². The van der Waals surface area contributed by atoms with Crippen LogP contribution in [0.1, 0.15) is 13.3 Å². The summed E-state index contributed by atoms with van der Waals surface area (Å²) >= 11 is 6.24. The van der Waals surface area contributed by atoms with Crippen molar-refractivity contribution in [1.29, 1.82) is 0 Å². The lowest BCUT2D eigenvalue weighted by atomic mass is 10.1. The lowest BCUT2D eigenvalue weighted by Crippen LogP contribution is -2.09. The minimum absolute atomic E-state index is 0.0153. The average molecular weight is 260 g/mol. The third-order valence-corrected chi connectivity index (χ3v) is 2.97. The molecular weight excluding hydrogens is 246 g/mol. The summed E-state index contributed by atoms with van der Waals surface area (Å²) in [7, 11) is 0. The Labute approximate surface area is 112 Å². The zero-order chi connectivity index (χ0) is 13.0. The molecule has 0 radical (unpaired) electrons. The summed E-state index contributed by atoms with van der Waals surface area (Å²) in [6.45, 7) is 1.81. The Kier molecular flexibility index (Phi) is 4.00. The number of amides is 1. The monoisotopic (exact) mass is 259 g/mol. The van der Waals surface area contributed by atoms with Crippen LogP contribution in [-0.4, -0.2) is 5.91 Å². The molecular formula is C15H14ClNO. The SMILES string of the molecule is CCC(=O)Nc1ccc(-c2ccccc2)c(Cl)c1. The highest BCUT2D eigenvalue weighted by atomic mass is 35.5. The van der Waals surface area contributed by atoms with Crippen LogP contribution >= 0.6 is 11.6 Å². The molecule has 0 unspecified atom stereocenters. The third-order valence-electron chi connectivity index (χ3n) is 2.66. The summed E-state index contributed by atoms with van der Waals surface area (Å²) in [5.41, 5.74) is 2.76. The molecule has 0 aliphatic rings. The van der Waals surface area contributed by atoms with Crippen molar-refractivity contribution in [2.24, 2.45) is 0 Å². The van der Waals surface area contributed by atoms with E-state index in [1.807, 2.05) is 49.4 Å². The fraction of sp³-hybridized carbons (Fsp3) is 0.133. The molecule has 0 atom stereocenters. The minimum Gasteiger partial charge on any atom is -0.326 e. The predicted octanol–water partition coefficient (Wildman–Crippen LogP) is 4.36. The van der Waals surface area contributed by atoms with Crippen molar-refractivity contribution >= 4 is 23.2 Å². The number of benzene rings is 2. The topological polar surface area (TPSA) is 29.1 Å². The predicted molar refractivity (Wildman–Crippen MR) is 75.8 cm³/mol. The molecule has 0 fully saturated rings. The minimum atomic E-state index is -0.0153. The molecule has 3 heteroatoms. The van der Waals surface area contributed by atoms with Crippen LogP contribution in [0.2, 0.25) is 5.02 Å². The zero-order valence-electron chi connectivity index (χ0n) is 10.1. The number of halogens is 1. The number of hydrogen-bond donors (Lipinski definition) is 1. The van der Waals surface area contributed by atoms with E-state index in [9.17, 15) is 4.79 Å². The number of rotatable bonds is 3. The molecule has 0 aliphatic heterocycles. The Morgan fingerprint density at radius 2 is 1.89 bits per heavy atom. The molecule has 0 saturated carbocycles. The fourth-order valence-electron chi connectivity index (χ4n) is 1.69. The van der Waals surface area contributed by atoms with Crippen molar-refractivity contribution in [3.05, 3.63) is 53.6 Å². The number of nitrogens with one attached hydrogen (secondary N) is 1. The van der Waals surface area contributed by atoms with Crippen LogP contribution in [0.25, 0.3) is 11.1 Å². The number of hydrogen-bond acceptors (Lipinski definition) is 1. The van der Waals surface area contributed by atoms with E-state index >= 15 is 0 Å². The Morgan fingerprint density at radius 1 is 1.17 bits per heavy atom. The van der Waals surface area contributed by atoms with E-state index in [4.69, 9.17) is 11.6 Å². The van der Waals surface area contributed by atoms with Crippen LogP contribution in [-0.2, 0) is 4.79 Å². The van der Waals surface area contributed by atoms with Gasteiger partial charge in [0, 0.05) is 17.7 Å². The van der Waals surface area contributed by atoms with Gasteiger partial charge in [0.05, 0.1) is 5.02 Å². The van der Waals surface area contributed by atoms with Crippen LogP contribution in [0.15, 0.2) is 48.5 Å². The van der Waals surface area contributed by atoms with E-state index in [0.29, 0.717) is 11.4 Å². The van der Waals surface area contributed by atoms with Crippen LogP contribution < -0.4 is 5.32 Å². The summed E-state index contributed by atoms with van der Waals surface area (Å²) in [5, 5.41) is 3.42. The van der Waals surface area contributed by atoms with Gasteiger partial charge in [-0.25, -0.2) is 0 Å². The molecule has 0 aliphatic carbocycles. The lowest BCUT2D eigenvalue weighted by Gasteiger charge is -2.08. The van der Waals surface area contributed by atoms with Gasteiger partial charge in [0.1, 0.15) is 0 Å². The summed E-state index contributed by atoms with van der Waals surface area (Å²) in [6, 6.07) is 15.5. The normalized spacial score (nSPS) is 10.1. The molecule has 18 heavy (non-hydrogen) atoms. The van der Waals surface area contributed by atoms with Crippen molar-refractivity contribution in [2.45, 2.75) is 13.3 Å². The average Bonchev–Trinajstić information content (AvgIpc) is 2.40. The highest BCUT2D eigenvalue weighted by Crippen LogP contribution is 2.30. The largest absolute Gasteiger partial charge is 0.326 e. The first-order valence-electron chi connectivity index (χ1n) is 5.85. The molecule has 0 heterocycles. The third kappa shape index (κ3) is 2.90.